The Morgan fingerprint density at radius 2 is 1.67 bits per heavy atom. The van der Waals surface area contributed by atoms with E-state index in [0.29, 0.717) is 21.5 Å². The molecular formula is C24H21Cl2N3O4. The van der Waals surface area contributed by atoms with Gasteiger partial charge in [0.15, 0.2) is 13.2 Å². The fourth-order valence-corrected chi connectivity index (χ4v) is 3.11. The number of benzene rings is 3. The van der Waals surface area contributed by atoms with Crippen molar-refractivity contribution in [1.82, 2.24) is 5.43 Å². The summed E-state index contributed by atoms with van der Waals surface area (Å²) in [5.41, 5.74) is 4.82. The van der Waals surface area contributed by atoms with Crippen molar-refractivity contribution in [2.24, 2.45) is 5.10 Å². The van der Waals surface area contributed by atoms with Gasteiger partial charge in [0.25, 0.3) is 11.8 Å². The molecule has 2 amide bonds. The molecule has 0 bridgehead atoms. The number of aryl methyl sites for hydroxylation is 1. The van der Waals surface area contributed by atoms with Crippen LogP contribution in [0.4, 0.5) is 5.69 Å². The summed E-state index contributed by atoms with van der Waals surface area (Å²) in [7, 11) is 0. The third kappa shape index (κ3) is 7.82. The Morgan fingerprint density at radius 1 is 0.939 bits per heavy atom. The lowest BCUT2D eigenvalue weighted by Gasteiger charge is -2.09. The van der Waals surface area contributed by atoms with Crippen LogP contribution in [-0.4, -0.2) is 31.2 Å². The number of hydrogen-bond donors (Lipinski definition) is 2. The van der Waals surface area contributed by atoms with Crippen LogP contribution in [0.15, 0.2) is 71.8 Å². The zero-order valence-corrected chi connectivity index (χ0v) is 19.2. The minimum absolute atomic E-state index is 0.116. The van der Waals surface area contributed by atoms with Crippen molar-refractivity contribution < 1.29 is 19.1 Å². The van der Waals surface area contributed by atoms with Gasteiger partial charge < -0.3 is 14.8 Å². The number of carbonyl (C=O) groups excluding carboxylic acids is 2. The van der Waals surface area contributed by atoms with Crippen molar-refractivity contribution in [2.75, 3.05) is 18.5 Å². The number of carbonyl (C=O) groups is 2. The Hall–Kier alpha value is -3.55. The van der Waals surface area contributed by atoms with Gasteiger partial charge >= 0.3 is 0 Å². The average molecular weight is 486 g/mol. The van der Waals surface area contributed by atoms with Crippen molar-refractivity contribution >= 4 is 46.9 Å². The van der Waals surface area contributed by atoms with Gasteiger partial charge in [-0.2, -0.15) is 5.10 Å². The molecule has 2 N–H and O–H groups in total. The van der Waals surface area contributed by atoms with Crippen LogP contribution in [0.5, 0.6) is 11.5 Å². The van der Waals surface area contributed by atoms with Crippen molar-refractivity contribution in [2.45, 2.75) is 6.92 Å². The Kier molecular flexibility index (Phi) is 8.69. The Balaban J connectivity index is 1.40. The molecule has 0 heterocycles. The van der Waals surface area contributed by atoms with Crippen LogP contribution in [0.2, 0.25) is 10.0 Å². The predicted octanol–water partition coefficient (Wildman–Crippen LogP) is 4.85. The van der Waals surface area contributed by atoms with Crippen molar-refractivity contribution in [3.05, 3.63) is 87.9 Å². The quantitative estimate of drug-likeness (QED) is 0.335. The minimum atomic E-state index is -0.447. The highest BCUT2D eigenvalue weighted by atomic mass is 35.5. The molecule has 170 valence electrons. The first-order chi connectivity index (χ1) is 15.9. The number of nitrogens with zero attached hydrogens (tertiary/aromatic N) is 1. The molecule has 0 atom stereocenters. The van der Waals surface area contributed by atoms with Gasteiger partial charge in [0, 0.05) is 10.7 Å². The molecule has 0 aliphatic carbocycles. The number of hydrogen-bond acceptors (Lipinski definition) is 5. The highest BCUT2D eigenvalue weighted by molar-refractivity contribution is 6.35. The van der Waals surface area contributed by atoms with Crippen LogP contribution in [0, 0.1) is 6.92 Å². The van der Waals surface area contributed by atoms with Crippen LogP contribution >= 0.6 is 23.2 Å². The normalized spacial score (nSPS) is 10.6. The zero-order valence-electron chi connectivity index (χ0n) is 17.7. The maximum atomic E-state index is 12.1. The van der Waals surface area contributed by atoms with E-state index < -0.39 is 5.91 Å². The molecule has 0 unspecified atom stereocenters. The van der Waals surface area contributed by atoms with Gasteiger partial charge in [-0.3, -0.25) is 9.59 Å². The van der Waals surface area contributed by atoms with E-state index >= 15 is 0 Å². The van der Waals surface area contributed by atoms with Gasteiger partial charge in [0.05, 0.1) is 11.2 Å². The lowest BCUT2D eigenvalue weighted by Crippen LogP contribution is -2.24. The van der Waals surface area contributed by atoms with E-state index in [4.69, 9.17) is 32.7 Å². The third-order valence-electron chi connectivity index (χ3n) is 4.32. The van der Waals surface area contributed by atoms with Crippen LogP contribution in [0.1, 0.15) is 11.1 Å². The molecule has 3 aromatic rings. The fraction of sp³-hybridized carbons (Fsp3) is 0.125. The second-order valence-corrected chi connectivity index (χ2v) is 7.72. The molecule has 0 saturated heterocycles. The minimum Gasteiger partial charge on any atom is -0.484 e. The Morgan fingerprint density at radius 3 is 2.39 bits per heavy atom. The standard InChI is InChI=1S/C24H21Cl2N3O4/c1-16-4-2-3-5-21(16)28-23(30)14-32-19-9-6-17(7-10-19)13-27-29-24(31)15-33-22-11-8-18(25)12-20(22)26/h2-13H,14-15H2,1H3,(H,28,30)(H,29,31)/b27-13+. The SMILES string of the molecule is Cc1ccccc1NC(=O)COc1ccc(/C=N/NC(=O)COc2ccc(Cl)cc2Cl)cc1. The topological polar surface area (TPSA) is 89.0 Å². The van der Waals surface area contributed by atoms with Crippen molar-refractivity contribution in [3.8, 4) is 11.5 Å². The van der Waals surface area contributed by atoms with Gasteiger partial charge in [-0.25, -0.2) is 5.43 Å². The Labute approximate surface area is 201 Å². The summed E-state index contributed by atoms with van der Waals surface area (Å²) < 4.78 is 10.8. The number of anilines is 1. The van der Waals surface area contributed by atoms with Crippen LogP contribution in [0.25, 0.3) is 0 Å². The van der Waals surface area contributed by atoms with Gasteiger partial charge in [0.2, 0.25) is 0 Å². The van der Waals surface area contributed by atoms with E-state index in [1.807, 2.05) is 31.2 Å². The molecule has 9 heteroatoms. The maximum Gasteiger partial charge on any atom is 0.277 e. The number of para-hydroxylation sites is 1. The smallest absolute Gasteiger partial charge is 0.277 e. The van der Waals surface area contributed by atoms with E-state index in [1.54, 1.807) is 36.4 Å². The largest absolute Gasteiger partial charge is 0.484 e. The van der Waals surface area contributed by atoms with E-state index in [1.165, 1.54) is 12.3 Å². The first kappa shape index (κ1) is 24.1. The first-order valence-corrected chi connectivity index (χ1v) is 10.6. The fourth-order valence-electron chi connectivity index (χ4n) is 2.65. The second kappa shape index (κ2) is 11.9. The predicted molar refractivity (Wildman–Crippen MR) is 129 cm³/mol. The third-order valence-corrected chi connectivity index (χ3v) is 4.86. The molecule has 33 heavy (non-hydrogen) atoms. The van der Waals surface area contributed by atoms with E-state index in [9.17, 15) is 9.59 Å². The van der Waals surface area contributed by atoms with Gasteiger partial charge in [-0.05, 0) is 66.6 Å². The first-order valence-electron chi connectivity index (χ1n) is 9.89. The summed E-state index contributed by atoms with van der Waals surface area (Å²) in [6.07, 6.45) is 1.47. The lowest BCUT2D eigenvalue weighted by atomic mass is 10.2. The van der Waals surface area contributed by atoms with Crippen molar-refractivity contribution in [1.29, 1.82) is 0 Å². The molecule has 0 spiro atoms. The van der Waals surface area contributed by atoms with Crippen LogP contribution in [0.3, 0.4) is 0 Å². The molecule has 0 aromatic heterocycles. The summed E-state index contributed by atoms with van der Waals surface area (Å²) in [5.74, 6) is 0.185. The zero-order chi connectivity index (χ0) is 23.6. The number of halogens is 2. The number of rotatable bonds is 9. The van der Waals surface area contributed by atoms with Gasteiger partial charge in [-0.15, -0.1) is 0 Å². The summed E-state index contributed by atoms with van der Waals surface area (Å²) in [5, 5.41) is 7.48. The monoisotopic (exact) mass is 485 g/mol. The molecule has 0 fully saturated rings. The number of hydrazone groups is 1. The maximum absolute atomic E-state index is 12.1. The number of ether oxygens (including phenoxy) is 2. The second-order valence-electron chi connectivity index (χ2n) is 6.88. The molecule has 0 radical (unpaired) electrons. The molecular weight excluding hydrogens is 465 g/mol. The molecule has 0 aliphatic rings. The summed E-state index contributed by atoms with van der Waals surface area (Å²) in [6, 6.07) is 19.1. The average Bonchev–Trinajstić information content (AvgIpc) is 2.79. The molecule has 0 aliphatic heterocycles. The van der Waals surface area contributed by atoms with E-state index in [-0.39, 0.29) is 19.1 Å². The van der Waals surface area contributed by atoms with E-state index in [2.05, 4.69) is 15.8 Å². The Bertz CT molecular complexity index is 1150. The van der Waals surface area contributed by atoms with E-state index in [0.717, 1.165) is 16.8 Å². The highest BCUT2D eigenvalue weighted by Gasteiger charge is 2.07. The molecule has 0 saturated carbocycles. The molecule has 3 rings (SSSR count). The van der Waals surface area contributed by atoms with Crippen molar-refractivity contribution in [3.63, 3.8) is 0 Å². The summed E-state index contributed by atoms with van der Waals surface area (Å²) in [6.45, 7) is 1.55. The van der Waals surface area contributed by atoms with Crippen LogP contribution < -0.4 is 20.2 Å². The van der Waals surface area contributed by atoms with Crippen LogP contribution in [-0.2, 0) is 9.59 Å². The van der Waals surface area contributed by atoms with Gasteiger partial charge in [-0.1, -0.05) is 41.4 Å². The highest BCUT2D eigenvalue weighted by Crippen LogP contribution is 2.27. The molecule has 3 aromatic carbocycles. The summed E-state index contributed by atoms with van der Waals surface area (Å²) >= 11 is 11.8. The summed E-state index contributed by atoms with van der Waals surface area (Å²) in [4.78, 5) is 23.9. The number of nitrogens with one attached hydrogen (secondary N) is 2. The van der Waals surface area contributed by atoms with Gasteiger partial charge in [0.1, 0.15) is 11.5 Å². The lowest BCUT2D eigenvalue weighted by molar-refractivity contribution is -0.123. The molecule has 7 nitrogen and oxygen atoms in total. The number of amides is 2.